The van der Waals surface area contributed by atoms with E-state index in [0.717, 1.165) is 0 Å². The van der Waals surface area contributed by atoms with Crippen molar-refractivity contribution in [3.05, 3.63) is 0 Å². The predicted octanol–water partition coefficient (Wildman–Crippen LogP) is 2.29. The van der Waals surface area contributed by atoms with E-state index in [2.05, 4.69) is 0 Å². The van der Waals surface area contributed by atoms with Crippen molar-refractivity contribution in [2.45, 2.75) is 38.5 Å². The Bertz CT molecular complexity index is 190. The number of carboxylic acids is 1. The predicted molar refractivity (Wildman–Crippen MR) is 39.2 cm³/mol. The van der Waals surface area contributed by atoms with Gasteiger partial charge in [0.2, 0.25) is 0 Å². The Balaban J connectivity index is 2.94. The largest absolute Gasteiger partial charge is 0.481 e. The van der Waals surface area contributed by atoms with Crippen LogP contribution in [0.1, 0.15) is 32.6 Å². The molecule has 1 fully saturated rings. The monoisotopic (exact) mass is 178 g/mol. The lowest BCUT2D eigenvalue weighted by Gasteiger charge is -2.30. The van der Waals surface area contributed by atoms with Crippen molar-refractivity contribution in [1.82, 2.24) is 0 Å². The molecule has 0 unspecified atom stereocenters. The Kier molecular flexibility index (Phi) is 2.10. The number of carbonyl (C=O) groups is 1. The number of aliphatic carboxylic acids is 1. The maximum Gasteiger partial charge on any atom is 0.315 e. The summed E-state index contributed by atoms with van der Waals surface area (Å²) in [6.07, 6.45) is 1.39. The standard InChI is InChI=1S/C8H12F2O2/c1-7(9,10)8(6(11)12)4-2-3-5-8/h2-5H2,1H3,(H,11,12). The van der Waals surface area contributed by atoms with Crippen LogP contribution in [0.25, 0.3) is 0 Å². The number of rotatable bonds is 2. The van der Waals surface area contributed by atoms with Crippen molar-refractivity contribution in [3.63, 3.8) is 0 Å². The summed E-state index contributed by atoms with van der Waals surface area (Å²) in [5.74, 6) is -4.46. The lowest BCUT2D eigenvalue weighted by molar-refractivity contribution is -0.174. The van der Waals surface area contributed by atoms with Crippen LogP contribution in [0.2, 0.25) is 0 Å². The summed E-state index contributed by atoms with van der Waals surface area (Å²) in [5, 5.41) is 8.72. The van der Waals surface area contributed by atoms with Gasteiger partial charge in [0, 0.05) is 6.92 Å². The van der Waals surface area contributed by atoms with Gasteiger partial charge in [0.25, 0.3) is 5.92 Å². The summed E-state index contributed by atoms with van der Waals surface area (Å²) >= 11 is 0. The minimum atomic E-state index is -3.10. The molecule has 0 atom stereocenters. The molecule has 4 heteroatoms. The Hall–Kier alpha value is -0.670. The molecule has 0 spiro atoms. The molecule has 0 saturated heterocycles. The normalized spacial score (nSPS) is 22.6. The fraction of sp³-hybridized carbons (Fsp3) is 0.875. The van der Waals surface area contributed by atoms with Crippen molar-refractivity contribution in [2.24, 2.45) is 5.41 Å². The summed E-state index contributed by atoms with van der Waals surface area (Å²) in [5.41, 5.74) is -1.78. The lowest BCUT2D eigenvalue weighted by atomic mass is 9.80. The second-order valence-electron chi connectivity index (χ2n) is 3.48. The topological polar surface area (TPSA) is 37.3 Å². The van der Waals surface area contributed by atoms with Crippen LogP contribution in [-0.4, -0.2) is 17.0 Å². The summed E-state index contributed by atoms with van der Waals surface area (Å²) in [7, 11) is 0. The second-order valence-corrected chi connectivity index (χ2v) is 3.48. The quantitative estimate of drug-likeness (QED) is 0.704. The zero-order valence-electron chi connectivity index (χ0n) is 6.94. The van der Waals surface area contributed by atoms with Gasteiger partial charge >= 0.3 is 5.97 Å². The van der Waals surface area contributed by atoms with Gasteiger partial charge in [-0.3, -0.25) is 4.79 Å². The van der Waals surface area contributed by atoms with Gasteiger partial charge in [0.15, 0.2) is 0 Å². The van der Waals surface area contributed by atoms with Gasteiger partial charge in [-0.1, -0.05) is 12.8 Å². The summed E-state index contributed by atoms with van der Waals surface area (Å²) in [6.45, 7) is 0.701. The van der Waals surface area contributed by atoms with Gasteiger partial charge in [-0.15, -0.1) is 0 Å². The van der Waals surface area contributed by atoms with Crippen LogP contribution in [0.15, 0.2) is 0 Å². The smallest absolute Gasteiger partial charge is 0.315 e. The van der Waals surface area contributed by atoms with E-state index in [4.69, 9.17) is 5.11 Å². The van der Waals surface area contributed by atoms with Crippen molar-refractivity contribution in [3.8, 4) is 0 Å². The maximum absolute atomic E-state index is 13.0. The van der Waals surface area contributed by atoms with E-state index in [-0.39, 0.29) is 12.8 Å². The van der Waals surface area contributed by atoms with Gasteiger partial charge in [-0.2, -0.15) is 0 Å². The van der Waals surface area contributed by atoms with Crippen molar-refractivity contribution in [2.75, 3.05) is 0 Å². The Morgan fingerprint density at radius 2 is 1.83 bits per heavy atom. The highest BCUT2D eigenvalue weighted by Crippen LogP contribution is 2.49. The zero-order valence-corrected chi connectivity index (χ0v) is 6.94. The molecule has 1 aliphatic carbocycles. The van der Waals surface area contributed by atoms with E-state index >= 15 is 0 Å². The minimum absolute atomic E-state index is 0.103. The maximum atomic E-state index is 13.0. The van der Waals surface area contributed by atoms with Gasteiger partial charge in [0.1, 0.15) is 5.41 Å². The summed E-state index contributed by atoms with van der Waals surface area (Å²) in [4.78, 5) is 10.7. The molecule has 1 saturated carbocycles. The van der Waals surface area contributed by atoms with Crippen LogP contribution < -0.4 is 0 Å². The molecule has 1 N–H and O–H groups in total. The van der Waals surface area contributed by atoms with Crippen molar-refractivity contribution >= 4 is 5.97 Å². The van der Waals surface area contributed by atoms with E-state index in [0.29, 0.717) is 19.8 Å². The van der Waals surface area contributed by atoms with E-state index in [1.54, 1.807) is 0 Å². The van der Waals surface area contributed by atoms with E-state index in [9.17, 15) is 13.6 Å². The Morgan fingerprint density at radius 3 is 2.00 bits per heavy atom. The number of halogens is 2. The Morgan fingerprint density at radius 1 is 1.42 bits per heavy atom. The van der Waals surface area contributed by atoms with Crippen LogP contribution in [0.3, 0.4) is 0 Å². The third kappa shape index (κ3) is 1.19. The SMILES string of the molecule is CC(F)(F)C1(C(=O)O)CCCC1. The highest BCUT2D eigenvalue weighted by molar-refractivity contribution is 5.76. The average Bonchev–Trinajstić information content (AvgIpc) is 2.31. The fourth-order valence-electron chi connectivity index (χ4n) is 1.82. The van der Waals surface area contributed by atoms with Gasteiger partial charge in [-0.05, 0) is 12.8 Å². The molecule has 0 aliphatic heterocycles. The molecule has 0 radical (unpaired) electrons. The van der Waals surface area contributed by atoms with Crippen molar-refractivity contribution < 1.29 is 18.7 Å². The molecule has 0 amide bonds. The van der Waals surface area contributed by atoms with Gasteiger partial charge < -0.3 is 5.11 Å². The third-order valence-corrected chi connectivity index (χ3v) is 2.71. The summed E-state index contributed by atoms with van der Waals surface area (Å²) in [6, 6.07) is 0. The highest BCUT2D eigenvalue weighted by Gasteiger charge is 2.57. The first-order valence-electron chi connectivity index (χ1n) is 4.01. The highest BCUT2D eigenvalue weighted by atomic mass is 19.3. The summed E-state index contributed by atoms with van der Waals surface area (Å²) < 4.78 is 25.9. The first-order valence-corrected chi connectivity index (χ1v) is 4.01. The van der Waals surface area contributed by atoms with Crippen LogP contribution in [-0.2, 0) is 4.79 Å². The van der Waals surface area contributed by atoms with Gasteiger partial charge in [0.05, 0.1) is 0 Å². The average molecular weight is 178 g/mol. The lowest BCUT2D eigenvalue weighted by Crippen LogP contribution is -2.43. The van der Waals surface area contributed by atoms with Crippen LogP contribution >= 0.6 is 0 Å². The molecule has 0 aromatic rings. The molecular formula is C8H12F2O2. The molecule has 1 aliphatic rings. The molecule has 0 aromatic heterocycles. The van der Waals surface area contributed by atoms with E-state index in [1.165, 1.54) is 0 Å². The molecule has 0 bridgehead atoms. The third-order valence-electron chi connectivity index (χ3n) is 2.71. The van der Waals surface area contributed by atoms with Crippen molar-refractivity contribution in [1.29, 1.82) is 0 Å². The molecular weight excluding hydrogens is 166 g/mol. The number of alkyl halides is 2. The second kappa shape index (κ2) is 2.68. The minimum Gasteiger partial charge on any atom is -0.481 e. The van der Waals surface area contributed by atoms with E-state index < -0.39 is 17.3 Å². The zero-order chi connectivity index (χ0) is 9.41. The molecule has 0 aromatic carbocycles. The van der Waals surface area contributed by atoms with Crippen LogP contribution in [0.5, 0.6) is 0 Å². The first kappa shape index (κ1) is 9.42. The molecule has 2 nitrogen and oxygen atoms in total. The molecule has 12 heavy (non-hydrogen) atoms. The van der Waals surface area contributed by atoms with Gasteiger partial charge in [-0.25, -0.2) is 8.78 Å². The number of carboxylic acid groups (broad SMARTS) is 1. The number of hydrogen-bond acceptors (Lipinski definition) is 1. The molecule has 70 valence electrons. The molecule has 1 rings (SSSR count). The fourth-order valence-corrected chi connectivity index (χ4v) is 1.82. The van der Waals surface area contributed by atoms with E-state index in [1.807, 2.05) is 0 Å². The first-order chi connectivity index (χ1) is 5.40. The molecule has 0 heterocycles. The Labute approximate surface area is 69.6 Å². The van der Waals surface area contributed by atoms with Crippen LogP contribution in [0.4, 0.5) is 8.78 Å². The number of hydrogen-bond donors (Lipinski definition) is 1. The van der Waals surface area contributed by atoms with Crippen LogP contribution in [0, 0.1) is 5.41 Å².